The third kappa shape index (κ3) is 3.19. The Labute approximate surface area is 104 Å². The maximum absolute atomic E-state index is 12.1. The van der Waals surface area contributed by atoms with E-state index < -0.39 is 0 Å². The molecular weight excluding hydrogens is 216 g/mol. The molecule has 2 aliphatic heterocycles. The number of rotatable bonds is 5. The van der Waals surface area contributed by atoms with E-state index in [0.29, 0.717) is 31.7 Å². The van der Waals surface area contributed by atoms with Gasteiger partial charge in [0.15, 0.2) is 0 Å². The van der Waals surface area contributed by atoms with Gasteiger partial charge < -0.3 is 15.0 Å². The van der Waals surface area contributed by atoms with E-state index in [1.54, 1.807) is 0 Å². The van der Waals surface area contributed by atoms with Crippen molar-refractivity contribution in [2.45, 2.75) is 51.1 Å². The molecule has 0 aliphatic carbocycles. The Morgan fingerprint density at radius 2 is 2.29 bits per heavy atom. The molecule has 0 aromatic heterocycles. The normalized spacial score (nSPS) is 28.9. The number of hydrogen-bond acceptors (Lipinski definition) is 3. The van der Waals surface area contributed by atoms with Gasteiger partial charge in [0, 0.05) is 25.2 Å². The molecule has 4 heteroatoms. The summed E-state index contributed by atoms with van der Waals surface area (Å²) in [7, 11) is 0. The third-order valence-corrected chi connectivity index (χ3v) is 3.85. The average molecular weight is 240 g/mol. The lowest BCUT2D eigenvalue weighted by molar-refractivity contribution is -0.133. The van der Waals surface area contributed by atoms with Crippen molar-refractivity contribution in [1.82, 2.24) is 10.2 Å². The van der Waals surface area contributed by atoms with E-state index in [1.807, 2.05) is 6.92 Å². The SMILES string of the molecule is CCOCCC(=O)N1CCCC1C1CCCN1. The zero-order valence-corrected chi connectivity index (χ0v) is 10.8. The highest BCUT2D eigenvalue weighted by Gasteiger charge is 2.35. The van der Waals surface area contributed by atoms with Gasteiger partial charge in [0.25, 0.3) is 0 Å². The number of carbonyl (C=O) groups is 1. The van der Waals surface area contributed by atoms with Crippen LogP contribution in [0.15, 0.2) is 0 Å². The Bertz CT molecular complexity index is 252. The van der Waals surface area contributed by atoms with Crippen molar-refractivity contribution in [3.8, 4) is 0 Å². The van der Waals surface area contributed by atoms with Crippen LogP contribution in [0.4, 0.5) is 0 Å². The van der Waals surface area contributed by atoms with E-state index in [4.69, 9.17) is 4.74 Å². The van der Waals surface area contributed by atoms with Crippen molar-refractivity contribution in [3.05, 3.63) is 0 Å². The standard InChI is InChI=1S/C13H24N2O2/c1-2-17-10-7-13(16)15-9-4-6-12(15)11-5-3-8-14-11/h11-12,14H,2-10H2,1H3. The van der Waals surface area contributed by atoms with Gasteiger partial charge in [-0.05, 0) is 39.2 Å². The summed E-state index contributed by atoms with van der Waals surface area (Å²) >= 11 is 0. The zero-order valence-electron chi connectivity index (χ0n) is 10.8. The molecule has 17 heavy (non-hydrogen) atoms. The largest absolute Gasteiger partial charge is 0.381 e. The molecule has 2 unspecified atom stereocenters. The minimum absolute atomic E-state index is 0.273. The van der Waals surface area contributed by atoms with Gasteiger partial charge in [-0.2, -0.15) is 0 Å². The van der Waals surface area contributed by atoms with Gasteiger partial charge >= 0.3 is 0 Å². The molecule has 0 spiro atoms. The first kappa shape index (κ1) is 12.8. The van der Waals surface area contributed by atoms with Crippen molar-refractivity contribution in [3.63, 3.8) is 0 Å². The molecule has 0 radical (unpaired) electrons. The van der Waals surface area contributed by atoms with E-state index in [0.717, 1.165) is 25.9 Å². The molecule has 2 fully saturated rings. The number of amides is 1. The number of carbonyl (C=O) groups excluding carboxylic acids is 1. The van der Waals surface area contributed by atoms with Gasteiger partial charge in [-0.25, -0.2) is 0 Å². The van der Waals surface area contributed by atoms with Gasteiger partial charge in [0.1, 0.15) is 0 Å². The van der Waals surface area contributed by atoms with Crippen molar-refractivity contribution >= 4 is 5.91 Å². The highest BCUT2D eigenvalue weighted by atomic mass is 16.5. The molecule has 0 saturated carbocycles. The first-order valence-electron chi connectivity index (χ1n) is 6.93. The number of nitrogens with one attached hydrogen (secondary N) is 1. The number of likely N-dealkylation sites (tertiary alicyclic amines) is 1. The molecule has 0 aromatic rings. The van der Waals surface area contributed by atoms with Crippen LogP contribution in [0.3, 0.4) is 0 Å². The lowest BCUT2D eigenvalue weighted by Gasteiger charge is -2.29. The first-order chi connectivity index (χ1) is 8.33. The monoisotopic (exact) mass is 240 g/mol. The van der Waals surface area contributed by atoms with Gasteiger partial charge in [0.05, 0.1) is 13.0 Å². The molecule has 2 atom stereocenters. The van der Waals surface area contributed by atoms with Crippen LogP contribution >= 0.6 is 0 Å². The van der Waals surface area contributed by atoms with Crippen molar-refractivity contribution in [1.29, 1.82) is 0 Å². The summed E-state index contributed by atoms with van der Waals surface area (Å²) in [5.74, 6) is 0.273. The van der Waals surface area contributed by atoms with Crippen LogP contribution in [0.2, 0.25) is 0 Å². The fraction of sp³-hybridized carbons (Fsp3) is 0.923. The topological polar surface area (TPSA) is 41.6 Å². The maximum Gasteiger partial charge on any atom is 0.225 e. The first-order valence-corrected chi connectivity index (χ1v) is 6.93. The molecule has 2 saturated heterocycles. The fourth-order valence-electron chi connectivity index (χ4n) is 3.01. The predicted molar refractivity (Wildman–Crippen MR) is 66.9 cm³/mol. The lowest BCUT2D eigenvalue weighted by atomic mass is 10.0. The molecule has 4 nitrogen and oxygen atoms in total. The van der Waals surface area contributed by atoms with Crippen molar-refractivity contribution in [2.75, 3.05) is 26.3 Å². The van der Waals surface area contributed by atoms with Crippen LogP contribution in [0.5, 0.6) is 0 Å². The van der Waals surface area contributed by atoms with Gasteiger partial charge in [-0.3, -0.25) is 4.79 Å². The fourth-order valence-corrected chi connectivity index (χ4v) is 3.01. The van der Waals surface area contributed by atoms with Gasteiger partial charge in [-0.1, -0.05) is 0 Å². The van der Waals surface area contributed by atoms with E-state index >= 15 is 0 Å². The Morgan fingerprint density at radius 3 is 3.00 bits per heavy atom. The second-order valence-corrected chi connectivity index (χ2v) is 4.95. The molecule has 1 amide bonds. The molecular formula is C13H24N2O2. The van der Waals surface area contributed by atoms with Gasteiger partial charge in [0.2, 0.25) is 5.91 Å². The van der Waals surface area contributed by atoms with Crippen LogP contribution in [0, 0.1) is 0 Å². The van der Waals surface area contributed by atoms with Crippen LogP contribution in [-0.4, -0.2) is 49.2 Å². The zero-order chi connectivity index (χ0) is 12.1. The quantitative estimate of drug-likeness (QED) is 0.733. The third-order valence-electron chi connectivity index (χ3n) is 3.85. The van der Waals surface area contributed by atoms with Gasteiger partial charge in [-0.15, -0.1) is 0 Å². The van der Waals surface area contributed by atoms with E-state index in [9.17, 15) is 4.79 Å². The predicted octanol–water partition coefficient (Wildman–Crippen LogP) is 1.16. The second kappa shape index (κ2) is 6.36. The highest BCUT2D eigenvalue weighted by molar-refractivity contribution is 5.77. The summed E-state index contributed by atoms with van der Waals surface area (Å²) in [6, 6.07) is 0.972. The molecule has 2 rings (SSSR count). The van der Waals surface area contributed by atoms with Crippen molar-refractivity contribution < 1.29 is 9.53 Å². The van der Waals surface area contributed by atoms with Crippen LogP contribution in [0.1, 0.15) is 39.0 Å². The Balaban J connectivity index is 1.83. The van der Waals surface area contributed by atoms with E-state index in [1.165, 1.54) is 12.8 Å². The number of hydrogen-bond donors (Lipinski definition) is 1. The smallest absolute Gasteiger partial charge is 0.225 e. The molecule has 0 aromatic carbocycles. The van der Waals surface area contributed by atoms with Crippen molar-refractivity contribution in [2.24, 2.45) is 0 Å². The summed E-state index contributed by atoms with van der Waals surface area (Å²) in [6.07, 6.45) is 5.33. The lowest BCUT2D eigenvalue weighted by Crippen LogP contribution is -2.46. The molecule has 2 aliphatic rings. The summed E-state index contributed by atoms with van der Waals surface area (Å²) in [6.45, 7) is 5.28. The summed E-state index contributed by atoms with van der Waals surface area (Å²) in [5.41, 5.74) is 0. The van der Waals surface area contributed by atoms with Crippen LogP contribution in [0.25, 0.3) is 0 Å². The summed E-state index contributed by atoms with van der Waals surface area (Å²) < 4.78 is 5.26. The summed E-state index contributed by atoms with van der Waals surface area (Å²) in [4.78, 5) is 14.2. The average Bonchev–Trinajstić information content (AvgIpc) is 2.99. The minimum atomic E-state index is 0.273. The Hall–Kier alpha value is -0.610. The molecule has 0 bridgehead atoms. The Kier molecular flexibility index (Phi) is 4.80. The van der Waals surface area contributed by atoms with E-state index in [-0.39, 0.29) is 5.91 Å². The molecule has 2 heterocycles. The molecule has 1 N–H and O–H groups in total. The second-order valence-electron chi connectivity index (χ2n) is 4.95. The van der Waals surface area contributed by atoms with Crippen LogP contribution < -0.4 is 5.32 Å². The number of nitrogens with zero attached hydrogens (tertiary/aromatic N) is 1. The molecule has 98 valence electrons. The maximum atomic E-state index is 12.1. The summed E-state index contributed by atoms with van der Waals surface area (Å²) in [5, 5.41) is 3.53. The van der Waals surface area contributed by atoms with Crippen LogP contribution in [-0.2, 0) is 9.53 Å². The van der Waals surface area contributed by atoms with E-state index in [2.05, 4.69) is 10.2 Å². The highest BCUT2D eigenvalue weighted by Crippen LogP contribution is 2.25. The Morgan fingerprint density at radius 1 is 1.41 bits per heavy atom. The minimum Gasteiger partial charge on any atom is -0.381 e. The number of ether oxygens (including phenoxy) is 1.